The van der Waals surface area contributed by atoms with E-state index in [9.17, 15) is 0 Å². The van der Waals surface area contributed by atoms with Crippen molar-refractivity contribution in [2.75, 3.05) is 0 Å². The maximum Gasteiger partial charge on any atom is 0.0620 e. The zero-order valence-corrected chi connectivity index (χ0v) is 20.4. The molecule has 4 aromatic heterocycles. The number of hydrogen-bond acceptors (Lipinski definition) is 0. The Kier molecular flexibility index (Phi) is 3.23. The molecule has 0 aliphatic heterocycles. The van der Waals surface area contributed by atoms with Gasteiger partial charge in [-0.1, -0.05) is 97.1 Å². The van der Waals surface area contributed by atoms with E-state index >= 15 is 0 Å². The van der Waals surface area contributed by atoms with Gasteiger partial charge in [0.25, 0.3) is 0 Å². The number of para-hydroxylation sites is 4. The molecule has 0 N–H and O–H groups in total. The van der Waals surface area contributed by atoms with Gasteiger partial charge < -0.3 is 8.80 Å². The Morgan fingerprint density at radius 2 is 0.658 bits per heavy atom. The first-order valence-corrected chi connectivity index (χ1v) is 13.2. The molecule has 0 saturated heterocycles. The molecule has 38 heavy (non-hydrogen) atoms. The highest BCUT2D eigenvalue weighted by Gasteiger charge is 2.23. The SMILES string of the molecule is c1ccc2c(c1)c1cccc3c4c(-c5cccc6c5c5cccc7c8ccccc8n6c75)cccc4n2c13. The highest BCUT2D eigenvalue weighted by molar-refractivity contribution is 6.30. The van der Waals surface area contributed by atoms with Crippen LogP contribution in [0.5, 0.6) is 0 Å². The summed E-state index contributed by atoms with van der Waals surface area (Å²) in [5.74, 6) is 0. The quantitative estimate of drug-likeness (QED) is 0.221. The molecule has 10 rings (SSSR count). The zero-order valence-electron chi connectivity index (χ0n) is 20.4. The lowest BCUT2D eigenvalue weighted by molar-refractivity contribution is 1.37. The predicted molar refractivity (Wildman–Crippen MR) is 161 cm³/mol. The lowest BCUT2D eigenvalue weighted by Crippen LogP contribution is -1.85. The van der Waals surface area contributed by atoms with Gasteiger partial charge in [-0.3, -0.25) is 0 Å². The third-order valence-electron chi connectivity index (χ3n) is 8.79. The summed E-state index contributed by atoms with van der Waals surface area (Å²) in [4.78, 5) is 0. The molecule has 0 saturated carbocycles. The van der Waals surface area contributed by atoms with Crippen LogP contribution in [0.4, 0.5) is 0 Å². The summed E-state index contributed by atoms with van der Waals surface area (Å²) < 4.78 is 4.94. The maximum absolute atomic E-state index is 2.47. The minimum atomic E-state index is 1.27. The van der Waals surface area contributed by atoms with Crippen LogP contribution >= 0.6 is 0 Å². The van der Waals surface area contributed by atoms with Gasteiger partial charge in [-0.05, 0) is 35.4 Å². The van der Waals surface area contributed by atoms with E-state index in [1.807, 2.05) is 0 Å². The number of hydrogen-bond donors (Lipinski definition) is 0. The van der Waals surface area contributed by atoms with Gasteiger partial charge in [-0.2, -0.15) is 0 Å². The van der Waals surface area contributed by atoms with E-state index in [0.29, 0.717) is 0 Å². The average molecular weight is 481 g/mol. The zero-order chi connectivity index (χ0) is 24.5. The fraction of sp³-hybridized carbons (Fsp3) is 0. The minimum Gasteiger partial charge on any atom is -0.308 e. The van der Waals surface area contributed by atoms with E-state index in [1.165, 1.54) is 87.3 Å². The van der Waals surface area contributed by atoms with E-state index in [1.54, 1.807) is 0 Å². The topological polar surface area (TPSA) is 8.82 Å². The second-order valence-corrected chi connectivity index (χ2v) is 10.5. The number of nitrogens with zero attached hydrogens (tertiary/aromatic N) is 2. The third-order valence-corrected chi connectivity index (χ3v) is 8.79. The molecule has 10 aromatic rings. The monoisotopic (exact) mass is 480 g/mol. The van der Waals surface area contributed by atoms with Crippen molar-refractivity contribution in [2.45, 2.75) is 0 Å². The minimum absolute atomic E-state index is 1.27. The number of aromatic nitrogens is 2. The number of benzene rings is 6. The van der Waals surface area contributed by atoms with E-state index in [2.05, 4.69) is 130 Å². The lowest BCUT2D eigenvalue weighted by atomic mass is 9.94. The molecule has 6 aromatic carbocycles. The van der Waals surface area contributed by atoms with Crippen LogP contribution in [-0.4, -0.2) is 8.80 Å². The first-order valence-electron chi connectivity index (χ1n) is 13.2. The van der Waals surface area contributed by atoms with Gasteiger partial charge in [0.15, 0.2) is 0 Å². The van der Waals surface area contributed by atoms with Crippen LogP contribution in [0.15, 0.2) is 121 Å². The number of rotatable bonds is 1. The molecular weight excluding hydrogens is 460 g/mol. The standard InChI is InChI=1S/C36H20N2/c1-3-17-29-21(9-1)25-13-5-15-27-33-23(11-7-19-31(33)37(29)35(25)27)24-12-8-20-32-34(24)28-16-6-14-26-22-10-2-4-18-30(22)38(32)36(26)28/h1-20H. The Hall–Kier alpha value is -5.08. The van der Waals surface area contributed by atoms with Crippen LogP contribution < -0.4 is 0 Å². The van der Waals surface area contributed by atoms with Crippen molar-refractivity contribution in [2.24, 2.45) is 0 Å². The molecule has 0 radical (unpaired) electrons. The lowest BCUT2D eigenvalue weighted by Gasteiger charge is -2.09. The van der Waals surface area contributed by atoms with Gasteiger partial charge in [0.1, 0.15) is 0 Å². The van der Waals surface area contributed by atoms with Crippen LogP contribution in [0.25, 0.3) is 87.3 Å². The van der Waals surface area contributed by atoms with Crippen molar-refractivity contribution in [3.8, 4) is 11.1 Å². The van der Waals surface area contributed by atoms with Gasteiger partial charge in [-0.25, -0.2) is 0 Å². The average Bonchev–Trinajstić information content (AvgIpc) is 3.70. The van der Waals surface area contributed by atoms with Crippen molar-refractivity contribution >= 4 is 76.2 Å². The number of fused-ring (bicyclic) bond motifs is 12. The summed E-state index contributed by atoms with van der Waals surface area (Å²) in [6.45, 7) is 0. The molecule has 0 aliphatic rings. The summed E-state index contributed by atoms with van der Waals surface area (Å²) in [5.41, 5.74) is 10.3. The smallest absolute Gasteiger partial charge is 0.0620 e. The van der Waals surface area contributed by atoms with Crippen LogP contribution in [0.3, 0.4) is 0 Å². The molecule has 0 spiro atoms. The molecule has 2 nitrogen and oxygen atoms in total. The van der Waals surface area contributed by atoms with E-state index in [4.69, 9.17) is 0 Å². The van der Waals surface area contributed by atoms with Crippen molar-refractivity contribution in [3.05, 3.63) is 121 Å². The third kappa shape index (κ3) is 2.02. The van der Waals surface area contributed by atoms with Crippen LogP contribution in [0, 0.1) is 0 Å². The Bertz CT molecular complexity index is 2380. The van der Waals surface area contributed by atoms with Gasteiger partial charge in [0.2, 0.25) is 0 Å². The fourth-order valence-corrected chi connectivity index (χ4v) is 7.41. The molecule has 0 amide bonds. The largest absolute Gasteiger partial charge is 0.308 e. The van der Waals surface area contributed by atoms with E-state index < -0.39 is 0 Å². The van der Waals surface area contributed by atoms with Crippen molar-refractivity contribution < 1.29 is 0 Å². The van der Waals surface area contributed by atoms with Gasteiger partial charge >= 0.3 is 0 Å². The van der Waals surface area contributed by atoms with Gasteiger partial charge in [0, 0.05) is 43.1 Å². The van der Waals surface area contributed by atoms with E-state index in [-0.39, 0.29) is 0 Å². The highest BCUT2D eigenvalue weighted by Crippen LogP contribution is 2.46. The van der Waals surface area contributed by atoms with Crippen LogP contribution in [0.2, 0.25) is 0 Å². The Morgan fingerprint density at radius 1 is 0.289 bits per heavy atom. The van der Waals surface area contributed by atoms with Gasteiger partial charge in [-0.15, -0.1) is 0 Å². The van der Waals surface area contributed by atoms with Crippen molar-refractivity contribution in [1.82, 2.24) is 8.80 Å². The predicted octanol–water partition coefficient (Wildman–Crippen LogP) is 9.65. The Morgan fingerprint density at radius 3 is 1.16 bits per heavy atom. The molecular formula is C36H20N2. The first kappa shape index (κ1) is 19.1. The summed E-state index contributed by atoms with van der Waals surface area (Å²) in [5, 5.41) is 10.6. The molecule has 0 fully saturated rings. The molecule has 0 aliphatic carbocycles. The normalized spacial score (nSPS) is 12.7. The van der Waals surface area contributed by atoms with Crippen LogP contribution in [0.1, 0.15) is 0 Å². The Balaban J connectivity index is 1.43. The molecule has 2 heteroatoms. The second-order valence-electron chi connectivity index (χ2n) is 10.5. The molecule has 174 valence electrons. The summed E-state index contributed by atoms with van der Waals surface area (Å²) in [6.07, 6.45) is 0. The summed E-state index contributed by atoms with van der Waals surface area (Å²) in [6, 6.07) is 44.8. The second kappa shape index (κ2) is 6.42. The molecule has 0 bridgehead atoms. The fourth-order valence-electron chi connectivity index (χ4n) is 7.41. The van der Waals surface area contributed by atoms with Crippen molar-refractivity contribution in [1.29, 1.82) is 0 Å². The maximum atomic E-state index is 2.47. The summed E-state index contributed by atoms with van der Waals surface area (Å²) >= 11 is 0. The molecule has 4 heterocycles. The van der Waals surface area contributed by atoms with Gasteiger partial charge in [0.05, 0.1) is 33.1 Å². The molecule has 0 atom stereocenters. The Labute approximate surface area is 217 Å². The van der Waals surface area contributed by atoms with Crippen molar-refractivity contribution in [3.63, 3.8) is 0 Å². The summed E-state index contributed by atoms with van der Waals surface area (Å²) in [7, 11) is 0. The van der Waals surface area contributed by atoms with Crippen LogP contribution in [-0.2, 0) is 0 Å². The molecule has 0 unspecified atom stereocenters. The highest BCUT2D eigenvalue weighted by atomic mass is 14.9. The van der Waals surface area contributed by atoms with E-state index in [0.717, 1.165) is 0 Å². The first-order chi connectivity index (χ1) is 18.9.